The molecule has 3 rings (SSSR count). The van der Waals surface area contributed by atoms with Crippen molar-refractivity contribution in [2.45, 2.75) is 20.8 Å². The summed E-state index contributed by atoms with van der Waals surface area (Å²) in [6.45, 7) is 6.35. The molecule has 0 fully saturated rings. The summed E-state index contributed by atoms with van der Waals surface area (Å²) in [7, 11) is 1.65. The second-order valence-corrected chi connectivity index (χ2v) is 6.14. The molecule has 0 saturated heterocycles. The van der Waals surface area contributed by atoms with Crippen molar-refractivity contribution in [3.05, 3.63) is 71.7 Å². The molecule has 0 unspecified atom stereocenters. The minimum Gasteiger partial charge on any atom is -0.495 e. The van der Waals surface area contributed by atoms with Gasteiger partial charge < -0.3 is 14.1 Å². The molecule has 1 heterocycles. The second-order valence-electron chi connectivity index (χ2n) is 6.14. The number of oxime groups is 1. The van der Waals surface area contributed by atoms with Gasteiger partial charge in [0.1, 0.15) is 18.2 Å². The van der Waals surface area contributed by atoms with E-state index in [9.17, 15) is 4.39 Å². The van der Waals surface area contributed by atoms with E-state index in [1.54, 1.807) is 19.2 Å². The standard InChI is InChI=1S/C22H23FN2O2/c1-5-27-24-15(2)19-14-21(17-10-12-18(23)13-11-17)25(16(19)3)20-8-6-7-9-22(20)26-4/h6-14H,5H2,1-4H3/b24-15-. The van der Waals surface area contributed by atoms with E-state index >= 15 is 0 Å². The molecule has 0 amide bonds. The normalized spacial score (nSPS) is 11.5. The van der Waals surface area contributed by atoms with Gasteiger partial charge in [0, 0.05) is 11.3 Å². The van der Waals surface area contributed by atoms with Gasteiger partial charge in [0.2, 0.25) is 0 Å². The Hall–Kier alpha value is -3.08. The highest BCUT2D eigenvalue weighted by Crippen LogP contribution is 2.33. The van der Waals surface area contributed by atoms with E-state index < -0.39 is 0 Å². The number of methoxy groups -OCH3 is 1. The van der Waals surface area contributed by atoms with Crippen LogP contribution in [-0.2, 0) is 4.84 Å². The smallest absolute Gasteiger partial charge is 0.142 e. The van der Waals surface area contributed by atoms with Crippen LogP contribution in [0, 0.1) is 12.7 Å². The molecule has 140 valence electrons. The molecule has 0 aliphatic carbocycles. The van der Waals surface area contributed by atoms with Crippen LogP contribution in [0.15, 0.2) is 59.8 Å². The molecule has 3 aromatic rings. The van der Waals surface area contributed by atoms with Crippen LogP contribution in [-0.4, -0.2) is 24.0 Å². The number of benzene rings is 2. The zero-order valence-corrected chi connectivity index (χ0v) is 16.0. The van der Waals surface area contributed by atoms with E-state index in [4.69, 9.17) is 9.57 Å². The number of para-hydroxylation sites is 2. The van der Waals surface area contributed by atoms with Crippen molar-refractivity contribution >= 4 is 5.71 Å². The minimum absolute atomic E-state index is 0.264. The molecular formula is C22H23FN2O2. The van der Waals surface area contributed by atoms with Crippen LogP contribution in [0.25, 0.3) is 16.9 Å². The Morgan fingerprint density at radius 2 is 1.81 bits per heavy atom. The lowest BCUT2D eigenvalue weighted by Gasteiger charge is -2.15. The maximum absolute atomic E-state index is 13.4. The van der Waals surface area contributed by atoms with Crippen molar-refractivity contribution in [3.63, 3.8) is 0 Å². The first-order chi connectivity index (χ1) is 13.1. The minimum atomic E-state index is -0.264. The van der Waals surface area contributed by atoms with Gasteiger partial charge in [0.05, 0.1) is 24.2 Å². The molecule has 1 aromatic heterocycles. The average Bonchev–Trinajstić information content (AvgIpc) is 3.03. The van der Waals surface area contributed by atoms with Crippen LogP contribution < -0.4 is 4.74 Å². The van der Waals surface area contributed by atoms with Crippen LogP contribution >= 0.6 is 0 Å². The first-order valence-corrected chi connectivity index (χ1v) is 8.85. The molecule has 27 heavy (non-hydrogen) atoms. The number of aromatic nitrogens is 1. The highest BCUT2D eigenvalue weighted by molar-refractivity contribution is 6.01. The third-order valence-corrected chi connectivity index (χ3v) is 4.43. The summed E-state index contributed by atoms with van der Waals surface area (Å²) in [4.78, 5) is 5.23. The summed E-state index contributed by atoms with van der Waals surface area (Å²) in [6.07, 6.45) is 0. The van der Waals surface area contributed by atoms with Crippen LogP contribution in [0.2, 0.25) is 0 Å². The van der Waals surface area contributed by atoms with Gasteiger partial charge >= 0.3 is 0 Å². The largest absolute Gasteiger partial charge is 0.495 e. The molecule has 0 aliphatic rings. The topological polar surface area (TPSA) is 35.8 Å². The van der Waals surface area contributed by atoms with E-state index in [1.807, 2.05) is 51.1 Å². The van der Waals surface area contributed by atoms with Crippen LogP contribution in [0.1, 0.15) is 25.1 Å². The van der Waals surface area contributed by atoms with Gasteiger partial charge in [-0.25, -0.2) is 4.39 Å². The van der Waals surface area contributed by atoms with E-state index in [1.165, 1.54) is 12.1 Å². The summed E-state index contributed by atoms with van der Waals surface area (Å²) in [5.41, 5.74) is 5.49. The highest BCUT2D eigenvalue weighted by Gasteiger charge is 2.19. The lowest BCUT2D eigenvalue weighted by atomic mass is 10.1. The summed E-state index contributed by atoms with van der Waals surface area (Å²) in [6, 6.07) is 16.3. The lowest BCUT2D eigenvalue weighted by Crippen LogP contribution is -2.04. The van der Waals surface area contributed by atoms with Gasteiger partial charge in [0.15, 0.2) is 0 Å². The quantitative estimate of drug-likeness (QED) is 0.435. The molecule has 0 bridgehead atoms. The molecular weight excluding hydrogens is 343 g/mol. The van der Waals surface area contributed by atoms with Gasteiger partial charge in [-0.2, -0.15) is 0 Å². The number of halogens is 1. The van der Waals surface area contributed by atoms with Crippen LogP contribution in [0.4, 0.5) is 4.39 Å². The molecule has 0 N–H and O–H groups in total. The number of rotatable bonds is 6. The Morgan fingerprint density at radius 3 is 2.48 bits per heavy atom. The SMILES string of the molecule is CCO/N=C(/C)c1cc(-c2ccc(F)cc2)n(-c2ccccc2OC)c1C. The van der Waals surface area contributed by atoms with E-state index in [2.05, 4.69) is 9.72 Å². The second kappa shape index (κ2) is 8.08. The molecule has 0 aliphatic heterocycles. The Bertz CT molecular complexity index is 959. The zero-order valence-electron chi connectivity index (χ0n) is 16.0. The molecule has 5 heteroatoms. The van der Waals surface area contributed by atoms with E-state index in [-0.39, 0.29) is 5.82 Å². The van der Waals surface area contributed by atoms with Crippen LogP contribution in [0.5, 0.6) is 5.75 Å². The van der Waals surface area contributed by atoms with Gasteiger partial charge in [-0.15, -0.1) is 0 Å². The summed E-state index contributed by atoms with van der Waals surface area (Å²) >= 11 is 0. The van der Waals surface area contributed by atoms with Gasteiger partial charge in [-0.3, -0.25) is 0 Å². The fourth-order valence-electron chi connectivity index (χ4n) is 3.14. The summed E-state index contributed by atoms with van der Waals surface area (Å²) in [5.74, 6) is 0.491. The van der Waals surface area contributed by atoms with Gasteiger partial charge in [-0.1, -0.05) is 17.3 Å². The highest BCUT2D eigenvalue weighted by atomic mass is 19.1. The van der Waals surface area contributed by atoms with Crippen molar-refractivity contribution in [2.75, 3.05) is 13.7 Å². The number of hydrogen-bond acceptors (Lipinski definition) is 3. The maximum atomic E-state index is 13.4. The molecule has 0 atom stereocenters. The van der Waals surface area contributed by atoms with Crippen molar-refractivity contribution < 1.29 is 14.0 Å². The Kier molecular flexibility index (Phi) is 5.60. The number of hydrogen-bond donors (Lipinski definition) is 0. The van der Waals surface area contributed by atoms with Crippen molar-refractivity contribution in [1.29, 1.82) is 0 Å². The number of ether oxygens (including phenoxy) is 1. The van der Waals surface area contributed by atoms with Crippen LogP contribution in [0.3, 0.4) is 0 Å². The first kappa shape index (κ1) is 18.7. The van der Waals surface area contributed by atoms with Crippen molar-refractivity contribution in [1.82, 2.24) is 4.57 Å². The fourth-order valence-corrected chi connectivity index (χ4v) is 3.14. The third kappa shape index (κ3) is 3.72. The lowest BCUT2D eigenvalue weighted by molar-refractivity contribution is 0.159. The van der Waals surface area contributed by atoms with Crippen molar-refractivity contribution in [2.24, 2.45) is 5.16 Å². The van der Waals surface area contributed by atoms with Gasteiger partial charge in [0.25, 0.3) is 0 Å². The third-order valence-electron chi connectivity index (χ3n) is 4.43. The van der Waals surface area contributed by atoms with Gasteiger partial charge in [-0.05, 0) is 68.8 Å². The molecule has 0 spiro atoms. The zero-order chi connectivity index (χ0) is 19.4. The van der Waals surface area contributed by atoms with E-state index in [0.29, 0.717) is 6.61 Å². The maximum Gasteiger partial charge on any atom is 0.142 e. The van der Waals surface area contributed by atoms with Crippen molar-refractivity contribution in [3.8, 4) is 22.7 Å². The van der Waals surface area contributed by atoms with E-state index in [0.717, 1.165) is 39.7 Å². The first-order valence-electron chi connectivity index (χ1n) is 8.85. The summed E-state index contributed by atoms with van der Waals surface area (Å²) < 4.78 is 21.1. The number of nitrogens with zero attached hydrogens (tertiary/aromatic N) is 2. The molecule has 0 saturated carbocycles. The predicted molar refractivity (Wildman–Crippen MR) is 106 cm³/mol. The Balaban J connectivity index is 2.26. The average molecular weight is 366 g/mol. The molecule has 4 nitrogen and oxygen atoms in total. The molecule has 2 aromatic carbocycles. The predicted octanol–water partition coefficient (Wildman–Crippen LogP) is 5.36. The summed E-state index contributed by atoms with van der Waals surface area (Å²) in [5, 5.41) is 4.18. The molecule has 0 radical (unpaired) electrons. The fraction of sp³-hybridized carbons (Fsp3) is 0.227. The monoisotopic (exact) mass is 366 g/mol. The Labute approximate surface area is 158 Å². The Morgan fingerprint density at radius 1 is 1.11 bits per heavy atom.